The molecule has 1 aromatic heterocycles. The summed E-state index contributed by atoms with van der Waals surface area (Å²) in [6.07, 6.45) is 7.67. The second-order valence-corrected chi connectivity index (χ2v) is 11.3. The van der Waals surface area contributed by atoms with Crippen LogP contribution in [0.5, 0.6) is 0 Å². The van der Waals surface area contributed by atoms with E-state index in [0.717, 1.165) is 32.7 Å². The lowest BCUT2D eigenvalue weighted by Gasteiger charge is -2.24. The number of nitrogens with one attached hydrogen (secondary N) is 1. The van der Waals surface area contributed by atoms with Gasteiger partial charge in [0.15, 0.2) is 0 Å². The first-order chi connectivity index (χ1) is 18.5. The highest BCUT2D eigenvalue weighted by Crippen LogP contribution is 2.53. The predicted molar refractivity (Wildman–Crippen MR) is 158 cm³/mol. The summed E-state index contributed by atoms with van der Waals surface area (Å²) in [5.74, 6) is 1.41. The molecule has 192 valence electrons. The Labute approximate surface area is 233 Å². The Bertz CT molecular complexity index is 1540. The van der Waals surface area contributed by atoms with E-state index in [2.05, 4.69) is 66.0 Å². The van der Waals surface area contributed by atoms with Crippen LogP contribution in [0.3, 0.4) is 0 Å². The first kappa shape index (κ1) is 25.3. The van der Waals surface area contributed by atoms with Gasteiger partial charge in [-0.15, -0.1) is 0 Å². The second-order valence-electron chi connectivity index (χ2n) is 10.5. The van der Waals surface area contributed by atoms with Crippen LogP contribution in [0.4, 0.5) is 0 Å². The maximum absolute atomic E-state index is 9.67. The van der Waals surface area contributed by atoms with E-state index < -0.39 is 6.10 Å². The molecule has 2 aliphatic carbocycles. The van der Waals surface area contributed by atoms with Crippen molar-refractivity contribution in [1.82, 2.24) is 10.3 Å². The fourth-order valence-electron chi connectivity index (χ4n) is 5.66. The van der Waals surface area contributed by atoms with Crippen LogP contribution in [-0.2, 0) is 6.54 Å². The van der Waals surface area contributed by atoms with E-state index in [9.17, 15) is 5.11 Å². The van der Waals surface area contributed by atoms with E-state index in [1.165, 1.54) is 23.1 Å². The summed E-state index contributed by atoms with van der Waals surface area (Å²) in [6, 6.07) is 25.1. The molecule has 2 aliphatic rings. The number of benzene rings is 3. The van der Waals surface area contributed by atoms with Crippen molar-refractivity contribution in [2.75, 3.05) is 6.54 Å². The third kappa shape index (κ3) is 5.30. The molecule has 3 aromatic carbocycles. The summed E-state index contributed by atoms with van der Waals surface area (Å²) < 4.78 is 0. The molecule has 0 bridgehead atoms. The van der Waals surface area contributed by atoms with Gasteiger partial charge in [-0.1, -0.05) is 77.3 Å². The minimum absolute atomic E-state index is 0.149. The van der Waals surface area contributed by atoms with Crippen molar-refractivity contribution < 1.29 is 5.11 Å². The summed E-state index contributed by atoms with van der Waals surface area (Å²) in [6.45, 7) is 2.86. The molecule has 1 heterocycles. The molecule has 4 atom stereocenters. The third-order valence-electron chi connectivity index (χ3n) is 7.55. The number of rotatable bonds is 8. The highest BCUT2D eigenvalue weighted by molar-refractivity contribution is 6.31. The van der Waals surface area contributed by atoms with Crippen LogP contribution >= 0.6 is 23.2 Å². The average molecular weight is 542 g/mol. The number of aromatic nitrogens is 1. The van der Waals surface area contributed by atoms with Gasteiger partial charge in [0.25, 0.3) is 0 Å². The largest absolute Gasteiger partial charge is 0.392 e. The Morgan fingerprint density at radius 2 is 1.79 bits per heavy atom. The van der Waals surface area contributed by atoms with Crippen molar-refractivity contribution >= 4 is 34.1 Å². The lowest BCUT2D eigenvalue weighted by Crippen LogP contribution is -2.24. The van der Waals surface area contributed by atoms with Gasteiger partial charge >= 0.3 is 0 Å². The molecule has 38 heavy (non-hydrogen) atoms. The molecule has 4 aromatic rings. The number of pyridine rings is 1. The predicted octanol–water partition coefficient (Wildman–Crippen LogP) is 7.94. The molecule has 1 saturated carbocycles. The number of nitrogens with zero attached hydrogens (tertiary/aromatic N) is 1. The monoisotopic (exact) mass is 540 g/mol. The molecule has 0 saturated heterocycles. The van der Waals surface area contributed by atoms with Crippen LogP contribution in [0.25, 0.3) is 22.0 Å². The minimum atomic E-state index is -0.412. The van der Waals surface area contributed by atoms with Crippen LogP contribution in [0.15, 0.2) is 96.6 Å². The van der Waals surface area contributed by atoms with E-state index in [1.54, 1.807) is 6.92 Å². The van der Waals surface area contributed by atoms with E-state index >= 15 is 0 Å². The standard InChI is InChI=1S/C33H30Cl2N2O/c1-20(38)18-36-19-27-17-30(22-4-2-6-26(35)14-22)31-16-24(10-13-32(31)37-27)33(21-8-11-25(34)12-9-21)28-7-3-5-23-15-29(23)28/h2-14,16-17,20,23,29,33,36,38H,15,18-19H2,1H3. The Balaban J connectivity index is 1.49. The van der Waals surface area contributed by atoms with E-state index in [4.69, 9.17) is 28.2 Å². The summed E-state index contributed by atoms with van der Waals surface area (Å²) in [4.78, 5) is 4.98. The van der Waals surface area contributed by atoms with Crippen LogP contribution < -0.4 is 5.32 Å². The molecule has 4 unspecified atom stereocenters. The number of aliphatic hydroxyl groups is 1. The number of aliphatic hydroxyl groups excluding tert-OH is 1. The first-order valence-corrected chi connectivity index (χ1v) is 13.9. The molecule has 0 radical (unpaired) electrons. The van der Waals surface area contributed by atoms with Gasteiger partial charge in [0, 0.05) is 34.4 Å². The van der Waals surface area contributed by atoms with E-state index in [1.807, 2.05) is 30.3 Å². The Morgan fingerprint density at radius 1 is 0.974 bits per heavy atom. The lowest BCUT2D eigenvalue weighted by molar-refractivity contribution is 0.191. The van der Waals surface area contributed by atoms with E-state index in [0.29, 0.717) is 29.9 Å². The Morgan fingerprint density at radius 3 is 2.58 bits per heavy atom. The van der Waals surface area contributed by atoms with Gasteiger partial charge in [0.2, 0.25) is 0 Å². The quantitative estimate of drug-likeness (QED) is 0.238. The SMILES string of the molecule is CC(O)CNCc1cc(-c2cccc(Cl)c2)c2cc(C(C3=CC=CC4CC34)c3ccc(Cl)cc3)ccc2n1. The molecule has 3 nitrogen and oxygen atoms in total. The number of halogens is 2. The highest BCUT2D eigenvalue weighted by Gasteiger charge is 2.42. The summed E-state index contributed by atoms with van der Waals surface area (Å²) in [5.41, 5.74) is 7.99. The molecule has 0 amide bonds. The topological polar surface area (TPSA) is 45.1 Å². The minimum Gasteiger partial charge on any atom is -0.392 e. The average Bonchev–Trinajstić information content (AvgIpc) is 3.70. The van der Waals surface area contributed by atoms with Gasteiger partial charge in [-0.3, -0.25) is 4.98 Å². The zero-order valence-electron chi connectivity index (χ0n) is 21.2. The number of hydrogen-bond acceptors (Lipinski definition) is 3. The third-order valence-corrected chi connectivity index (χ3v) is 8.04. The van der Waals surface area contributed by atoms with Crippen LogP contribution in [-0.4, -0.2) is 22.7 Å². The van der Waals surface area contributed by atoms with Gasteiger partial charge in [-0.2, -0.15) is 0 Å². The molecule has 1 fully saturated rings. The van der Waals surface area contributed by atoms with Crippen LogP contribution in [0.1, 0.15) is 36.1 Å². The fourth-order valence-corrected chi connectivity index (χ4v) is 5.98. The normalized spacial score (nSPS) is 19.6. The summed E-state index contributed by atoms with van der Waals surface area (Å²) in [7, 11) is 0. The maximum atomic E-state index is 9.67. The van der Waals surface area contributed by atoms with Crippen molar-refractivity contribution in [3.8, 4) is 11.1 Å². The second kappa shape index (κ2) is 10.7. The maximum Gasteiger partial charge on any atom is 0.0712 e. The van der Waals surface area contributed by atoms with Gasteiger partial charge in [-0.25, -0.2) is 0 Å². The molecule has 6 rings (SSSR count). The zero-order valence-corrected chi connectivity index (χ0v) is 22.8. The molecule has 0 aliphatic heterocycles. The highest BCUT2D eigenvalue weighted by atomic mass is 35.5. The molecular weight excluding hydrogens is 511 g/mol. The summed E-state index contributed by atoms with van der Waals surface area (Å²) >= 11 is 12.7. The van der Waals surface area contributed by atoms with Crippen molar-refractivity contribution in [1.29, 1.82) is 0 Å². The van der Waals surface area contributed by atoms with Crippen molar-refractivity contribution in [3.05, 3.63) is 123 Å². The van der Waals surface area contributed by atoms with Gasteiger partial charge < -0.3 is 10.4 Å². The fraction of sp³-hybridized carbons (Fsp3) is 0.242. The Kier molecular flexibility index (Phi) is 7.11. The lowest BCUT2D eigenvalue weighted by atomic mass is 9.80. The molecule has 0 spiro atoms. The van der Waals surface area contributed by atoms with Gasteiger partial charge in [0.1, 0.15) is 0 Å². The number of hydrogen-bond donors (Lipinski definition) is 2. The number of fused-ring (bicyclic) bond motifs is 2. The van der Waals surface area contributed by atoms with E-state index in [-0.39, 0.29) is 5.92 Å². The zero-order chi connectivity index (χ0) is 26.2. The molecule has 2 N–H and O–H groups in total. The van der Waals surface area contributed by atoms with Gasteiger partial charge in [-0.05, 0) is 89.9 Å². The van der Waals surface area contributed by atoms with Crippen molar-refractivity contribution in [3.63, 3.8) is 0 Å². The van der Waals surface area contributed by atoms with Crippen LogP contribution in [0.2, 0.25) is 10.0 Å². The summed E-state index contributed by atoms with van der Waals surface area (Å²) in [5, 5.41) is 15.5. The smallest absolute Gasteiger partial charge is 0.0712 e. The number of allylic oxidation sites excluding steroid dienone is 4. The molecule has 5 heteroatoms. The van der Waals surface area contributed by atoms with Crippen molar-refractivity contribution in [2.24, 2.45) is 11.8 Å². The van der Waals surface area contributed by atoms with Gasteiger partial charge in [0.05, 0.1) is 17.3 Å². The first-order valence-electron chi connectivity index (χ1n) is 13.2. The Hall–Kier alpha value is -2.95. The molecular formula is C33H30Cl2N2O. The van der Waals surface area contributed by atoms with Crippen LogP contribution in [0, 0.1) is 11.8 Å². The van der Waals surface area contributed by atoms with Crippen molar-refractivity contribution in [2.45, 2.75) is 31.9 Å².